The second-order valence-electron chi connectivity index (χ2n) is 4.63. The molecule has 1 aromatic heterocycles. The van der Waals surface area contributed by atoms with Crippen LogP contribution in [0.1, 0.15) is 18.9 Å². The number of sulfone groups is 1. The molecule has 1 saturated heterocycles. The Bertz CT molecular complexity index is 629. The standard InChI is InChI=1S/C10H14N4O2S2/c1-10(3-4-18(15,16)6-10)14-8(12)7(5-11)9(13-14)17-2/h3-4,6,12H2,1-2H3. The van der Waals surface area contributed by atoms with Crippen molar-refractivity contribution in [2.45, 2.75) is 23.9 Å². The molecule has 1 aromatic rings. The van der Waals surface area contributed by atoms with Crippen molar-refractivity contribution in [3.8, 4) is 6.07 Å². The van der Waals surface area contributed by atoms with Gasteiger partial charge in [-0.2, -0.15) is 10.4 Å². The summed E-state index contributed by atoms with van der Waals surface area (Å²) in [4.78, 5) is 0. The van der Waals surface area contributed by atoms with E-state index in [9.17, 15) is 8.42 Å². The lowest BCUT2D eigenvalue weighted by Gasteiger charge is -2.23. The molecule has 0 spiro atoms. The number of nitrogens with zero attached hydrogens (tertiary/aromatic N) is 3. The SMILES string of the molecule is CSc1nn(C2(C)CCS(=O)(=O)C2)c(N)c1C#N. The lowest BCUT2D eigenvalue weighted by Crippen LogP contribution is -2.33. The van der Waals surface area contributed by atoms with Gasteiger partial charge in [0.2, 0.25) is 0 Å². The summed E-state index contributed by atoms with van der Waals surface area (Å²) in [6.45, 7) is 1.81. The number of hydrogen-bond donors (Lipinski definition) is 1. The smallest absolute Gasteiger partial charge is 0.152 e. The maximum Gasteiger partial charge on any atom is 0.152 e. The average Bonchev–Trinajstić information content (AvgIpc) is 2.77. The Balaban J connectivity index is 2.54. The molecule has 0 bridgehead atoms. The summed E-state index contributed by atoms with van der Waals surface area (Å²) >= 11 is 1.33. The van der Waals surface area contributed by atoms with Crippen LogP contribution >= 0.6 is 11.8 Å². The zero-order chi connectivity index (χ0) is 13.6. The summed E-state index contributed by atoms with van der Waals surface area (Å²) in [5.74, 6) is 0.408. The molecule has 1 unspecified atom stereocenters. The fraction of sp³-hybridized carbons (Fsp3) is 0.600. The number of nitriles is 1. The number of rotatable bonds is 2. The topological polar surface area (TPSA) is 102 Å². The van der Waals surface area contributed by atoms with Gasteiger partial charge in [0.15, 0.2) is 9.84 Å². The first kappa shape index (κ1) is 13.2. The monoisotopic (exact) mass is 286 g/mol. The summed E-state index contributed by atoms with van der Waals surface area (Å²) in [6, 6.07) is 2.02. The first-order chi connectivity index (χ1) is 8.33. The molecule has 1 fully saturated rings. The minimum absolute atomic E-state index is 0.0184. The van der Waals surface area contributed by atoms with Crippen LogP contribution in [0, 0.1) is 11.3 Å². The molecule has 2 rings (SSSR count). The second kappa shape index (κ2) is 4.17. The molecule has 0 radical (unpaired) electrons. The molecule has 1 aliphatic rings. The van der Waals surface area contributed by atoms with Gasteiger partial charge in [0.05, 0.1) is 17.0 Å². The Morgan fingerprint density at radius 1 is 1.61 bits per heavy atom. The minimum atomic E-state index is -3.04. The van der Waals surface area contributed by atoms with Gasteiger partial charge >= 0.3 is 0 Å². The number of aromatic nitrogens is 2. The van der Waals surface area contributed by atoms with E-state index in [2.05, 4.69) is 5.10 Å². The van der Waals surface area contributed by atoms with Crippen molar-refractivity contribution in [2.75, 3.05) is 23.5 Å². The molecule has 98 valence electrons. The van der Waals surface area contributed by atoms with Gasteiger partial charge in [-0.1, -0.05) is 0 Å². The molecule has 0 aromatic carbocycles. The van der Waals surface area contributed by atoms with Crippen molar-refractivity contribution in [3.63, 3.8) is 0 Å². The van der Waals surface area contributed by atoms with Crippen molar-refractivity contribution in [1.29, 1.82) is 5.26 Å². The predicted molar refractivity (Wildman–Crippen MR) is 70.1 cm³/mol. The Morgan fingerprint density at radius 2 is 2.28 bits per heavy atom. The van der Waals surface area contributed by atoms with E-state index in [4.69, 9.17) is 11.0 Å². The molecule has 1 aliphatic heterocycles. The van der Waals surface area contributed by atoms with E-state index in [1.807, 2.05) is 13.0 Å². The molecule has 0 amide bonds. The number of nitrogens with two attached hydrogens (primary N) is 1. The van der Waals surface area contributed by atoms with Crippen molar-refractivity contribution in [1.82, 2.24) is 9.78 Å². The zero-order valence-corrected chi connectivity index (χ0v) is 11.8. The van der Waals surface area contributed by atoms with Crippen LogP contribution in [0.25, 0.3) is 0 Å². The van der Waals surface area contributed by atoms with E-state index in [1.165, 1.54) is 16.4 Å². The fourth-order valence-corrected chi connectivity index (χ4v) is 4.86. The van der Waals surface area contributed by atoms with E-state index in [0.717, 1.165) is 0 Å². The van der Waals surface area contributed by atoms with Crippen LogP contribution in [0.3, 0.4) is 0 Å². The highest BCUT2D eigenvalue weighted by Gasteiger charge is 2.42. The van der Waals surface area contributed by atoms with Gasteiger partial charge in [0, 0.05) is 0 Å². The van der Waals surface area contributed by atoms with E-state index < -0.39 is 15.4 Å². The van der Waals surface area contributed by atoms with E-state index >= 15 is 0 Å². The van der Waals surface area contributed by atoms with Crippen LogP contribution in [0.4, 0.5) is 5.82 Å². The summed E-state index contributed by atoms with van der Waals surface area (Å²) in [5, 5.41) is 13.9. The largest absolute Gasteiger partial charge is 0.383 e. The van der Waals surface area contributed by atoms with Gasteiger partial charge < -0.3 is 5.73 Å². The lowest BCUT2D eigenvalue weighted by atomic mass is 10.0. The number of hydrogen-bond acceptors (Lipinski definition) is 6. The van der Waals surface area contributed by atoms with Crippen LogP contribution in [0.2, 0.25) is 0 Å². The minimum Gasteiger partial charge on any atom is -0.383 e. The first-order valence-electron chi connectivity index (χ1n) is 5.36. The maximum absolute atomic E-state index is 11.6. The van der Waals surface area contributed by atoms with E-state index in [1.54, 1.807) is 6.26 Å². The Labute approximate surface area is 110 Å². The molecule has 1 atom stereocenters. The fourth-order valence-electron chi connectivity index (χ4n) is 2.23. The van der Waals surface area contributed by atoms with Crippen molar-refractivity contribution in [3.05, 3.63) is 5.56 Å². The van der Waals surface area contributed by atoms with Crippen LogP contribution < -0.4 is 5.73 Å². The lowest BCUT2D eigenvalue weighted by molar-refractivity contribution is 0.329. The summed E-state index contributed by atoms with van der Waals surface area (Å²) in [6.07, 6.45) is 2.28. The van der Waals surface area contributed by atoms with Crippen molar-refractivity contribution < 1.29 is 8.42 Å². The number of thioether (sulfide) groups is 1. The van der Waals surface area contributed by atoms with Crippen LogP contribution in [-0.2, 0) is 15.4 Å². The normalized spacial score (nSPS) is 26.1. The van der Waals surface area contributed by atoms with Gasteiger partial charge in [0.25, 0.3) is 0 Å². The highest BCUT2D eigenvalue weighted by Crippen LogP contribution is 2.35. The molecule has 8 heteroatoms. The summed E-state index contributed by atoms with van der Waals surface area (Å²) in [7, 11) is -3.04. The highest BCUT2D eigenvalue weighted by molar-refractivity contribution is 7.98. The van der Waals surface area contributed by atoms with E-state index in [-0.39, 0.29) is 17.3 Å². The molecule has 0 saturated carbocycles. The highest BCUT2D eigenvalue weighted by atomic mass is 32.2. The Hall–Kier alpha value is -1.20. The number of nitrogen functional groups attached to an aromatic ring is 1. The van der Waals surface area contributed by atoms with Gasteiger partial charge in [-0.05, 0) is 19.6 Å². The van der Waals surface area contributed by atoms with Crippen molar-refractivity contribution >= 4 is 27.4 Å². The third-order valence-electron chi connectivity index (χ3n) is 3.19. The van der Waals surface area contributed by atoms with Crippen molar-refractivity contribution in [2.24, 2.45) is 0 Å². The molecular formula is C10H14N4O2S2. The third-order valence-corrected chi connectivity index (χ3v) is 5.75. The van der Waals surface area contributed by atoms with Gasteiger partial charge in [-0.25, -0.2) is 13.1 Å². The van der Waals surface area contributed by atoms with Gasteiger partial charge in [0.1, 0.15) is 22.5 Å². The zero-order valence-electron chi connectivity index (χ0n) is 10.2. The molecule has 2 N–H and O–H groups in total. The quantitative estimate of drug-likeness (QED) is 0.798. The predicted octanol–water partition coefficient (Wildman–Crippen LogP) is 0.593. The van der Waals surface area contributed by atoms with Crippen LogP contribution in [0.5, 0.6) is 0 Å². The molecule has 18 heavy (non-hydrogen) atoms. The third kappa shape index (κ3) is 1.97. The summed E-state index contributed by atoms with van der Waals surface area (Å²) in [5.41, 5.74) is 5.59. The molecule has 0 aliphatic carbocycles. The number of anilines is 1. The molecular weight excluding hydrogens is 272 g/mol. The average molecular weight is 286 g/mol. The second-order valence-corrected chi connectivity index (χ2v) is 7.61. The summed E-state index contributed by atoms with van der Waals surface area (Å²) < 4.78 is 24.7. The Kier molecular flexibility index (Phi) is 3.07. The van der Waals surface area contributed by atoms with Gasteiger partial charge in [-0.3, -0.25) is 0 Å². The van der Waals surface area contributed by atoms with Crippen LogP contribution in [0.15, 0.2) is 5.03 Å². The maximum atomic E-state index is 11.6. The Morgan fingerprint density at radius 3 is 2.67 bits per heavy atom. The first-order valence-corrected chi connectivity index (χ1v) is 8.41. The van der Waals surface area contributed by atoms with E-state index in [0.29, 0.717) is 17.0 Å². The molecule has 2 heterocycles. The van der Waals surface area contributed by atoms with Gasteiger partial charge in [-0.15, -0.1) is 11.8 Å². The van der Waals surface area contributed by atoms with Crippen LogP contribution in [-0.4, -0.2) is 36.0 Å². The molecule has 6 nitrogen and oxygen atoms in total.